The van der Waals surface area contributed by atoms with Gasteiger partial charge in [-0.15, -0.1) is 0 Å². The van der Waals surface area contributed by atoms with E-state index in [-0.39, 0.29) is 35.8 Å². The zero-order valence-corrected chi connectivity index (χ0v) is 15.6. The van der Waals surface area contributed by atoms with Gasteiger partial charge in [0.15, 0.2) is 0 Å². The number of likely N-dealkylation sites (tertiary alicyclic amines) is 1. The van der Waals surface area contributed by atoms with Crippen LogP contribution in [0, 0.1) is 5.92 Å². The number of benzene rings is 1. The fraction of sp³-hybridized carbons (Fsp3) is 0.579. The third-order valence-corrected chi connectivity index (χ3v) is 4.55. The molecule has 0 saturated carbocycles. The van der Waals surface area contributed by atoms with Gasteiger partial charge >= 0.3 is 6.18 Å². The first kappa shape index (κ1) is 21.1. The first-order chi connectivity index (χ1) is 12.8. The summed E-state index contributed by atoms with van der Waals surface area (Å²) in [6.45, 7) is 4.89. The number of anilines is 1. The smallest absolute Gasteiger partial charge is 0.416 e. The van der Waals surface area contributed by atoms with Crippen LogP contribution in [0.1, 0.15) is 45.1 Å². The summed E-state index contributed by atoms with van der Waals surface area (Å²) in [5, 5.41) is 2.58. The molecule has 0 atom stereocenters. The summed E-state index contributed by atoms with van der Waals surface area (Å²) in [5.41, 5.74) is -0.831. The van der Waals surface area contributed by atoms with Crippen molar-refractivity contribution in [1.82, 2.24) is 4.90 Å². The molecule has 1 N–H and O–H groups in total. The van der Waals surface area contributed by atoms with Gasteiger partial charge in [0.1, 0.15) is 5.75 Å². The van der Waals surface area contributed by atoms with Crippen molar-refractivity contribution in [2.45, 2.75) is 45.7 Å². The van der Waals surface area contributed by atoms with Crippen LogP contribution in [0.15, 0.2) is 18.2 Å². The number of hydrogen-bond donors (Lipinski definition) is 1. The minimum Gasteiger partial charge on any atom is -0.492 e. The fourth-order valence-electron chi connectivity index (χ4n) is 3.08. The number of ether oxygens (including phenoxy) is 1. The van der Waals surface area contributed by atoms with Gasteiger partial charge < -0.3 is 15.0 Å². The van der Waals surface area contributed by atoms with E-state index in [1.54, 1.807) is 11.8 Å². The predicted molar refractivity (Wildman–Crippen MR) is 95.5 cm³/mol. The maximum absolute atomic E-state index is 13.0. The topological polar surface area (TPSA) is 58.6 Å². The van der Waals surface area contributed by atoms with E-state index in [0.29, 0.717) is 32.4 Å². The lowest BCUT2D eigenvalue weighted by Crippen LogP contribution is -2.41. The molecule has 1 fully saturated rings. The largest absolute Gasteiger partial charge is 0.492 e. The molecule has 1 aliphatic heterocycles. The quantitative estimate of drug-likeness (QED) is 0.801. The normalized spacial score (nSPS) is 15.5. The third-order valence-electron chi connectivity index (χ3n) is 4.55. The molecule has 0 spiro atoms. The van der Waals surface area contributed by atoms with Crippen molar-refractivity contribution < 1.29 is 27.5 Å². The molecule has 1 heterocycles. The number of rotatable bonds is 6. The summed E-state index contributed by atoms with van der Waals surface area (Å²) in [6, 6.07) is 3.04. The van der Waals surface area contributed by atoms with Crippen molar-refractivity contribution in [3.8, 4) is 5.75 Å². The van der Waals surface area contributed by atoms with Crippen LogP contribution >= 0.6 is 0 Å². The Labute approximate surface area is 156 Å². The minimum atomic E-state index is -4.50. The van der Waals surface area contributed by atoms with Crippen LogP contribution in [0.25, 0.3) is 0 Å². The number of carbonyl (C=O) groups excluding carboxylic acids is 2. The van der Waals surface area contributed by atoms with Crippen molar-refractivity contribution in [2.24, 2.45) is 5.92 Å². The lowest BCUT2D eigenvalue weighted by Gasteiger charge is -2.31. The van der Waals surface area contributed by atoms with Gasteiger partial charge in [-0.3, -0.25) is 9.59 Å². The standard InChI is InChI=1S/C19H25F3N2O3/c1-3-5-17(25)24-10-8-13(9-11-24)18(26)23-15-12-14(19(20,21)22)6-7-16(15)27-4-2/h6-7,12-13H,3-5,8-11H2,1-2H3,(H,23,26). The number of amides is 2. The molecule has 5 nitrogen and oxygen atoms in total. The molecule has 0 aliphatic carbocycles. The highest BCUT2D eigenvalue weighted by Crippen LogP contribution is 2.35. The zero-order valence-electron chi connectivity index (χ0n) is 15.6. The van der Waals surface area contributed by atoms with Gasteiger partial charge in [0.2, 0.25) is 11.8 Å². The Morgan fingerprint density at radius 3 is 2.44 bits per heavy atom. The zero-order chi connectivity index (χ0) is 20.0. The Morgan fingerprint density at radius 1 is 1.22 bits per heavy atom. The maximum atomic E-state index is 13.0. The maximum Gasteiger partial charge on any atom is 0.416 e. The second-order valence-corrected chi connectivity index (χ2v) is 6.54. The molecule has 150 valence electrons. The summed E-state index contributed by atoms with van der Waals surface area (Å²) in [7, 11) is 0. The van der Waals surface area contributed by atoms with Crippen molar-refractivity contribution in [1.29, 1.82) is 0 Å². The molecular weight excluding hydrogens is 361 g/mol. The summed E-state index contributed by atoms with van der Waals surface area (Å²) in [5.74, 6) is -0.417. The molecule has 27 heavy (non-hydrogen) atoms. The van der Waals surface area contributed by atoms with Gasteiger partial charge in [-0.1, -0.05) is 6.92 Å². The molecule has 1 aromatic carbocycles. The van der Waals surface area contributed by atoms with Crippen molar-refractivity contribution >= 4 is 17.5 Å². The number of piperidine rings is 1. The van der Waals surface area contributed by atoms with Crippen LogP contribution < -0.4 is 10.1 Å². The van der Waals surface area contributed by atoms with Gasteiger partial charge in [0.25, 0.3) is 0 Å². The molecular formula is C19H25F3N2O3. The Morgan fingerprint density at radius 2 is 1.89 bits per heavy atom. The van der Waals surface area contributed by atoms with E-state index < -0.39 is 11.7 Å². The average Bonchev–Trinajstić information content (AvgIpc) is 2.62. The van der Waals surface area contributed by atoms with Gasteiger partial charge in [-0.2, -0.15) is 13.2 Å². The number of hydrogen-bond acceptors (Lipinski definition) is 3. The SMILES string of the molecule is CCCC(=O)N1CCC(C(=O)Nc2cc(C(F)(F)F)ccc2OCC)CC1. The average molecular weight is 386 g/mol. The van der Waals surface area contributed by atoms with E-state index in [0.717, 1.165) is 18.6 Å². The minimum absolute atomic E-state index is 0.0150. The van der Waals surface area contributed by atoms with Crippen molar-refractivity contribution in [2.75, 3.05) is 25.0 Å². The van der Waals surface area contributed by atoms with Crippen LogP contribution in [0.3, 0.4) is 0 Å². The van der Waals surface area contributed by atoms with Gasteiger partial charge in [-0.05, 0) is 44.4 Å². The number of nitrogens with one attached hydrogen (secondary N) is 1. The van der Waals surface area contributed by atoms with Gasteiger partial charge in [0, 0.05) is 25.4 Å². The summed E-state index contributed by atoms with van der Waals surface area (Å²) >= 11 is 0. The Hall–Kier alpha value is -2.25. The molecule has 0 aromatic heterocycles. The van der Waals surface area contributed by atoms with E-state index in [9.17, 15) is 22.8 Å². The highest BCUT2D eigenvalue weighted by Gasteiger charge is 2.32. The molecule has 1 saturated heterocycles. The number of carbonyl (C=O) groups is 2. The third kappa shape index (κ3) is 5.61. The van der Waals surface area contributed by atoms with Crippen LogP contribution in [-0.2, 0) is 15.8 Å². The molecule has 1 aliphatic rings. The first-order valence-corrected chi connectivity index (χ1v) is 9.19. The Kier molecular flexibility index (Phi) is 7.10. The molecule has 0 radical (unpaired) electrons. The number of alkyl halides is 3. The molecule has 0 unspecified atom stereocenters. The molecule has 8 heteroatoms. The second-order valence-electron chi connectivity index (χ2n) is 6.54. The Bertz CT molecular complexity index is 669. The molecule has 0 bridgehead atoms. The van der Waals surface area contributed by atoms with Crippen molar-refractivity contribution in [3.05, 3.63) is 23.8 Å². The van der Waals surface area contributed by atoms with Crippen LogP contribution in [0.2, 0.25) is 0 Å². The van der Waals surface area contributed by atoms with Crippen LogP contribution in [0.5, 0.6) is 5.75 Å². The second kappa shape index (κ2) is 9.10. The van der Waals surface area contributed by atoms with Gasteiger partial charge in [-0.25, -0.2) is 0 Å². The predicted octanol–water partition coefficient (Wildman–Crippen LogP) is 4.08. The van der Waals surface area contributed by atoms with Crippen LogP contribution in [0.4, 0.5) is 18.9 Å². The van der Waals surface area contributed by atoms with Crippen molar-refractivity contribution in [3.63, 3.8) is 0 Å². The summed E-state index contributed by atoms with van der Waals surface area (Å²) < 4.78 is 44.2. The lowest BCUT2D eigenvalue weighted by atomic mass is 9.95. The van der Waals surface area contributed by atoms with E-state index in [1.807, 2.05) is 6.92 Å². The number of nitrogens with zero attached hydrogens (tertiary/aromatic N) is 1. The molecule has 2 amide bonds. The molecule has 1 aromatic rings. The van der Waals surface area contributed by atoms with E-state index in [1.165, 1.54) is 6.07 Å². The summed E-state index contributed by atoms with van der Waals surface area (Å²) in [4.78, 5) is 26.2. The van der Waals surface area contributed by atoms with E-state index in [4.69, 9.17) is 4.74 Å². The summed E-state index contributed by atoms with van der Waals surface area (Å²) in [6.07, 6.45) is -2.27. The first-order valence-electron chi connectivity index (χ1n) is 9.19. The highest BCUT2D eigenvalue weighted by atomic mass is 19.4. The fourth-order valence-corrected chi connectivity index (χ4v) is 3.08. The molecule has 2 rings (SSSR count). The Balaban J connectivity index is 2.05. The highest BCUT2D eigenvalue weighted by molar-refractivity contribution is 5.94. The van der Waals surface area contributed by atoms with E-state index >= 15 is 0 Å². The van der Waals surface area contributed by atoms with Crippen LogP contribution in [-0.4, -0.2) is 36.4 Å². The monoisotopic (exact) mass is 386 g/mol. The number of halogens is 3. The van der Waals surface area contributed by atoms with Gasteiger partial charge in [0.05, 0.1) is 17.9 Å². The lowest BCUT2D eigenvalue weighted by molar-refractivity contribution is -0.137. The van der Waals surface area contributed by atoms with E-state index in [2.05, 4.69) is 5.32 Å².